The summed E-state index contributed by atoms with van der Waals surface area (Å²) >= 11 is 0. The molecule has 0 radical (unpaired) electrons. The maximum atomic E-state index is 12.7. The first-order chi connectivity index (χ1) is 13.4. The molecule has 1 aromatic heterocycles. The Bertz CT molecular complexity index is 976. The number of aliphatic hydroxyl groups is 1. The Hall–Kier alpha value is -2.84. The number of rotatable bonds is 7. The summed E-state index contributed by atoms with van der Waals surface area (Å²) in [5.41, 5.74) is 2.56. The lowest BCUT2D eigenvalue weighted by Gasteiger charge is -2.06. The van der Waals surface area contributed by atoms with Crippen LogP contribution in [0.2, 0.25) is 0 Å². The SMILES string of the molecule is COc1ccc(-c2nc(S(=O)(=O)C(C)CO)[nH]c2-c2ccc(OC)cc2)cc1. The lowest BCUT2D eigenvalue weighted by molar-refractivity contribution is 0.295. The monoisotopic (exact) mass is 402 g/mol. The topological polar surface area (TPSA) is 102 Å². The fraction of sp³-hybridized carbons (Fsp3) is 0.250. The molecule has 0 fully saturated rings. The van der Waals surface area contributed by atoms with Gasteiger partial charge < -0.3 is 19.6 Å². The molecule has 0 aliphatic heterocycles. The van der Waals surface area contributed by atoms with E-state index in [0.717, 1.165) is 11.1 Å². The molecule has 7 nitrogen and oxygen atoms in total. The highest BCUT2D eigenvalue weighted by Gasteiger charge is 2.28. The quantitative estimate of drug-likeness (QED) is 0.630. The zero-order valence-corrected chi connectivity index (χ0v) is 16.7. The molecule has 0 bridgehead atoms. The van der Waals surface area contributed by atoms with Crippen LogP contribution in [0.5, 0.6) is 11.5 Å². The van der Waals surface area contributed by atoms with Crippen molar-refractivity contribution in [1.29, 1.82) is 0 Å². The van der Waals surface area contributed by atoms with E-state index < -0.39 is 21.7 Å². The van der Waals surface area contributed by atoms with E-state index in [1.54, 1.807) is 38.5 Å². The van der Waals surface area contributed by atoms with Gasteiger partial charge in [0.25, 0.3) is 0 Å². The number of methoxy groups -OCH3 is 2. The number of aromatic nitrogens is 2. The largest absolute Gasteiger partial charge is 0.497 e. The minimum Gasteiger partial charge on any atom is -0.497 e. The Morgan fingerprint density at radius 1 is 0.964 bits per heavy atom. The van der Waals surface area contributed by atoms with E-state index in [2.05, 4.69) is 9.97 Å². The molecule has 3 aromatic rings. The van der Waals surface area contributed by atoms with Gasteiger partial charge in [0.1, 0.15) is 11.5 Å². The third-order valence-electron chi connectivity index (χ3n) is 4.48. The zero-order chi connectivity index (χ0) is 20.3. The molecule has 8 heteroatoms. The number of H-pyrrole nitrogens is 1. The molecule has 28 heavy (non-hydrogen) atoms. The second-order valence-electron chi connectivity index (χ2n) is 6.26. The molecule has 1 unspecified atom stereocenters. The number of hydrogen-bond acceptors (Lipinski definition) is 6. The van der Waals surface area contributed by atoms with E-state index in [-0.39, 0.29) is 5.16 Å². The highest BCUT2D eigenvalue weighted by molar-refractivity contribution is 7.91. The summed E-state index contributed by atoms with van der Waals surface area (Å²) in [7, 11) is -0.643. The van der Waals surface area contributed by atoms with E-state index in [4.69, 9.17) is 9.47 Å². The number of imidazole rings is 1. The maximum Gasteiger partial charge on any atom is 0.226 e. The Morgan fingerprint density at radius 3 is 1.93 bits per heavy atom. The van der Waals surface area contributed by atoms with Crippen molar-refractivity contribution in [2.45, 2.75) is 17.3 Å². The van der Waals surface area contributed by atoms with Crippen LogP contribution in [0.15, 0.2) is 53.7 Å². The predicted molar refractivity (Wildman–Crippen MR) is 106 cm³/mol. The second kappa shape index (κ2) is 8.04. The summed E-state index contributed by atoms with van der Waals surface area (Å²) in [4.78, 5) is 7.30. The Kier molecular flexibility index (Phi) is 5.71. The summed E-state index contributed by atoms with van der Waals surface area (Å²) in [5.74, 6) is 1.38. The number of ether oxygens (including phenoxy) is 2. The molecule has 0 aliphatic carbocycles. The van der Waals surface area contributed by atoms with Crippen molar-refractivity contribution in [3.63, 3.8) is 0 Å². The van der Waals surface area contributed by atoms with Gasteiger partial charge in [-0.05, 0) is 55.5 Å². The molecule has 1 heterocycles. The van der Waals surface area contributed by atoms with Crippen molar-refractivity contribution in [3.05, 3.63) is 48.5 Å². The third-order valence-corrected chi connectivity index (χ3v) is 6.42. The van der Waals surface area contributed by atoms with E-state index in [0.29, 0.717) is 22.9 Å². The Labute approximate surface area is 163 Å². The number of nitrogens with one attached hydrogen (secondary N) is 1. The first-order valence-electron chi connectivity index (χ1n) is 8.64. The fourth-order valence-corrected chi connectivity index (χ4v) is 3.74. The molecular formula is C20H22N2O5S. The smallest absolute Gasteiger partial charge is 0.226 e. The average Bonchev–Trinajstić information content (AvgIpc) is 3.19. The summed E-state index contributed by atoms with van der Waals surface area (Å²) < 4.78 is 35.8. The van der Waals surface area contributed by atoms with Gasteiger partial charge in [-0.1, -0.05) is 0 Å². The van der Waals surface area contributed by atoms with Crippen molar-refractivity contribution in [3.8, 4) is 34.0 Å². The van der Waals surface area contributed by atoms with Gasteiger partial charge in [-0.2, -0.15) is 0 Å². The number of benzene rings is 2. The van der Waals surface area contributed by atoms with E-state index in [1.807, 2.05) is 24.3 Å². The van der Waals surface area contributed by atoms with E-state index >= 15 is 0 Å². The van der Waals surface area contributed by atoms with Crippen molar-refractivity contribution in [1.82, 2.24) is 9.97 Å². The number of aromatic amines is 1. The van der Waals surface area contributed by atoms with Crippen molar-refractivity contribution >= 4 is 9.84 Å². The van der Waals surface area contributed by atoms with Gasteiger partial charge in [-0.3, -0.25) is 0 Å². The van der Waals surface area contributed by atoms with Crippen LogP contribution in [0.25, 0.3) is 22.5 Å². The average molecular weight is 402 g/mol. The first kappa shape index (κ1) is 19.9. The van der Waals surface area contributed by atoms with Crippen LogP contribution in [0, 0.1) is 0 Å². The molecule has 2 N–H and O–H groups in total. The second-order valence-corrected chi connectivity index (χ2v) is 8.54. The van der Waals surface area contributed by atoms with Crippen molar-refractivity contribution < 1.29 is 23.0 Å². The molecule has 0 saturated heterocycles. The number of aliphatic hydroxyl groups excluding tert-OH is 1. The minimum absolute atomic E-state index is 0.175. The van der Waals surface area contributed by atoms with Gasteiger partial charge in [0.05, 0.1) is 37.5 Å². The first-order valence-corrected chi connectivity index (χ1v) is 10.2. The standard InChI is InChI=1S/C20H22N2O5S/c1-13(12-23)28(24,25)20-21-18(14-4-8-16(26-2)9-5-14)19(22-20)15-6-10-17(27-3)11-7-15/h4-11,13,23H,12H2,1-3H3,(H,21,22). The van der Waals surface area contributed by atoms with Crippen LogP contribution in [0.1, 0.15) is 6.92 Å². The lowest BCUT2D eigenvalue weighted by atomic mass is 10.0. The van der Waals surface area contributed by atoms with Crippen LogP contribution in [0.3, 0.4) is 0 Å². The van der Waals surface area contributed by atoms with Crippen LogP contribution in [0.4, 0.5) is 0 Å². The summed E-state index contributed by atoms with van der Waals surface area (Å²) in [5, 5.41) is 8.17. The third kappa shape index (κ3) is 3.74. The molecule has 0 amide bonds. The van der Waals surface area contributed by atoms with Gasteiger partial charge in [-0.15, -0.1) is 0 Å². The fourth-order valence-electron chi connectivity index (χ4n) is 2.70. The molecule has 148 valence electrons. The van der Waals surface area contributed by atoms with Gasteiger partial charge >= 0.3 is 0 Å². The molecule has 1 atom stereocenters. The molecule has 3 rings (SSSR count). The molecule has 0 saturated carbocycles. The number of sulfone groups is 1. The highest BCUT2D eigenvalue weighted by atomic mass is 32.2. The summed E-state index contributed by atoms with van der Waals surface area (Å²) in [6, 6.07) is 14.4. The molecular weight excluding hydrogens is 380 g/mol. The lowest BCUT2D eigenvalue weighted by Crippen LogP contribution is -2.22. The molecule has 0 aliphatic rings. The van der Waals surface area contributed by atoms with Gasteiger partial charge in [0, 0.05) is 11.1 Å². The number of nitrogens with zero attached hydrogens (tertiary/aromatic N) is 1. The Balaban J connectivity index is 2.17. The van der Waals surface area contributed by atoms with Crippen LogP contribution >= 0.6 is 0 Å². The summed E-state index contributed by atoms with van der Waals surface area (Å²) in [6.07, 6.45) is 0. The van der Waals surface area contributed by atoms with E-state index in [1.165, 1.54) is 6.92 Å². The maximum absolute atomic E-state index is 12.7. The van der Waals surface area contributed by atoms with Gasteiger partial charge in [-0.25, -0.2) is 13.4 Å². The highest BCUT2D eigenvalue weighted by Crippen LogP contribution is 2.33. The summed E-state index contributed by atoms with van der Waals surface area (Å²) in [6.45, 7) is 0.955. The van der Waals surface area contributed by atoms with Gasteiger partial charge in [0.2, 0.25) is 15.0 Å². The Morgan fingerprint density at radius 2 is 1.46 bits per heavy atom. The molecule has 0 spiro atoms. The zero-order valence-electron chi connectivity index (χ0n) is 15.8. The molecule has 2 aromatic carbocycles. The minimum atomic E-state index is -3.80. The van der Waals surface area contributed by atoms with E-state index in [9.17, 15) is 13.5 Å². The van der Waals surface area contributed by atoms with Crippen LogP contribution in [-0.4, -0.2) is 49.6 Å². The van der Waals surface area contributed by atoms with Crippen molar-refractivity contribution in [2.75, 3.05) is 20.8 Å². The number of hydrogen-bond donors (Lipinski definition) is 2. The predicted octanol–water partition coefficient (Wildman–Crippen LogP) is 2.92. The van der Waals surface area contributed by atoms with Crippen LogP contribution in [-0.2, 0) is 9.84 Å². The van der Waals surface area contributed by atoms with Gasteiger partial charge in [0.15, 0.2) is 0 Å². The normalized spacial score (nSPS) is 12.6. The van der Waals surface area contributed by atoms with Crippen LogP contribution < -0.4 is 9.47 Å². The van der Waals surface area contributed by atoms with Crippen molar-refractivity contribution in [2.24, 2.45) is 0 Å².